The molecule has 2 aliphatic carbocycles. The van der Waals surface area contributed by atoms with Gasteiger partial charge >= 0.3 is 0 Å². The number of nitrogens with one attached hydrogen (secondary N) is 1. The number of hydrogen-bond acceptors (Lipinski definition) is 1. The van der Waals surface area contributed by atoms with Gasteiger partial charge in [0.1, 0.15) is 0 Å². The molecule has 0 amide bonds. The van der Waals surface area contributed by atoms with Crippen LogP contribution in [0, 0.1) is 11.3 Å². The molecule has 1 heteroatoms. The minimum absolute atomic E-state index is 0.618. The van der Waals surface area contributed by atoms with Crippen molar-refractivity contribution >= 4 is 5.71 Å². The summed E-state index contributed by atoms with van der Waals surface area (Å²) in [6, 6.07) is 0. The van der Waals surface area contributed by atoms with Crippen LogP contribution < -0.4 is 0 Å². The molecule has 14 heavy (non-hydrogen) atoms. The molecule has 1 fully saturated rings. The standard InChI is InChI=1S/C13H17N/c1-8(2)10-5-4-6-11-9(3)13(14)7-12(10)11/h6,8,14H,3-5,7H2,1-2H3. The third-order valence-electron chi connectivity index (χ3n) is 3.21. The second-order valence-corrected chi connectivity index (χ2v) is 4.45. The summed E-state index contributed by atoms with van der Waals surface area (Å²) in [6.07, 6.45) is 5.37. The zero-order valence-corrected chi connectivity index (χ0v) is 8.98. The Bertz CT molecular complexity index is 367. The van der Waals surface area contributed by atoms with Crippen molar-refractivity contribution in [3.05, 3.63) is 34.9 Å². The summed E-state index contributed by atoms with van der Waals surface area (Å²) in [6.45, 7) is 8.48. The zero-order valence-electron chi connectivity index (χ0n) is 8.98. The molecular formula is C13H17N. The highest BCUT2D eigenvalue weighted by Crippen LogP contribution is 2.40. The second kappa shape index (κ2) is 3.23. The van der Waals surface area contributed by atoms with Gasteiger partial charge in [0.15, 0.2) is 0 Å². The number of allylic oxidation sites excluding steroid dienone is 5. The minimum Gasteiger partial charge on any atom is -0.304 e. The Morgan fingerprint density at radius 3 is 2.79 bits per heavy atom. The predicted molar refractivity (Wildman–Crippen MR) is 60.7 cm³/mol. The van der Waals surface area contributed by atoms with E-state index in [0.717, 1.165) is 18.4 Å². The molecular weight excluding hydrogens is 170 g/mol. The molecule has 0 bridgehead atoms. The number of rotatable bonds is 1. The van der Waals surface area contributed by atoms with Crippen LogP contribution in [0.4, 0.5) is 0 Å². The smallest absolute Gasteiger partial charge is 0.0430 e. The van der Waals surface area contributed by atoms with Crippen molar-refractivity contribution < 1.29 is 0 Å². The van der Waals surface area contributed by atoms with E-state index < -0.39 is 0 Å². The maximum absolute atomic E-state index is 7.81. The zero-order chi connectivity index (χ0) is 10.3. The summed E-state index contributed by atoms with van der Waals surface area (Å²) in [5, 5.41) is 7.81. The van der Waals surface area contributed by atoms with E-state index in [1.165, 1.54) is 17.6 Å². The van der Waals surface area contributed by atoms with Gasteiger partial charge in [0.05, 0.1) is 0 Å². The highest BCUT2D eigenvalue weighted by molar-refractivity contribution is 6.09. The van der Waals surface area contributed by atoms with Crippen LogP contribution in [0.3, 0.4) is 0 Å². The monoisotopic (exact) mass is 187 g/mol. The Morgan fingerprint density at radius 2 is 2.14 bits per heavy atom. The fourth-order valence-electron chi connectivity index (χ4n) is 2.42. The third kappa shape index (κ3) is 1.28. The van der Waals surface area contributed by atoms with Crippen LogP contribution in [-0.4, -0.2) is 5.71 Å². The SMILES string of the molecule is C=C1C(=N)CC2=C(C(C)C)CCC=C12. The molecule has 0 radical (unpaired) electrons. The van der Waals surface area contributed by atoms with Crippen LogP contribution in [0.2, 0.25) is 0 Å². The molecule has 0 spiro atoms. The number of fused-ring (bicyclic) bond motifs is 1. The lowest BCUT2D eigenvalue weighted by molar-refractivity contribution is 0.695. The van der Waals surface area contributed by atoms with E-state index in [9.17, 15) is 0 Å². The van der Waals surface area contributed by atoms with Crippen molar-refractivity contribution in [1.29, 1.82) is 5.41 Å². The largest absolute Gasteiger partial charge is 0.304 e. The first-order chi connectivity index (χ1) is 6.61. The Kier molecular flexibility index (Phi) is 2.18. The lowest BCUT2D eigenvalue weighted by Gasteiger charge is -2.19. The van der Waals surface area contributed by atoms with Gasteiger partial charge in [-0.2, -0.15) is 0 Å². The predicted octanol–water partition coefficient (Wildman–Crippen LogP) is 3.64. The summed E-state index contributed by atoms with van der Waals surface area (Å²) in [7, 11) is 0. The normalized spacial score (nSPS) is 21.8. The van der Waals surface area contributed by atoms with E-state index in [1.54, 1.807) is 5.57 Å². The fraction of sp³-hybridized carbons (Fsp3) is 0.462. The molecule has 1 saturated carbocycles. The number of hydrogen-bond donors (Lipinski definition) is 1. The van der Waals surface area contributed by atoms with Gasteiger partial charge in [-0.1, -0.05) is 32.1 Å². The van der Waals surface area contributed by atoms with Crippen LogP contribution in [0.1, 0.15) is 33.1 Å². The molecule has 0 aromatic heterocycles. The highest BCUT2D eigenvalue weighted by Gasteiger charge is 2.28. The van der Waals surface area contributed by atoms with E-state index in [2.05, 4.69) is 26.5 Å². The quantitative estimate of drug-likeness (QED) is 0.648. The summed E-state index contributed by atoms with van der Waals surface area (Å²) < 4.78 is 0. The Labute approximate surface area is 85.7 Å². The minimum atomic E-state index is 0.618. The molecule has 0 atom stereocenters. The Morgan fingerprint density at radius 1 is 1.43 bits per heavy atom. The van der Waals surface area contributed by atoms with Crippen molar-refractivity contribution in [2.45, 2.75) is 33.1 Å². The van der Waals surface area contributed by atoms with Crippen molar-refractivity contribution in [1.82, 2.24) is 0 Å². The van der Waals surface area contributed by atoms with E-state index in [4.69, 9.17) is 5.41 Å². The van der Waals surface area contributed by atoms with Crippen molar-refractivity contribution in [3.8, 4) is 0 Å². The van der Waals surface area contributed by atoms with Gasteiger partial charge in [0, 0.05) is 12.1 Å². The molecule has 2 aliphatic rings. The second-order valence-electron chi connectivity index (χ2n) is 4.45. The first-order valence-corrected chi connectivity index (χ1v) is 5.30. The molecule has 0 aromatic carbocycles. The Balaban J connectivity index is 2.49. The van der Waals surface area contributed by atoms with E-state index in [-0.39, 0.29) is 0 Å². The summed E-state index contributed by atoms with van der Waals surface area (Å²) in [4.78, 5) is 0. The van der Waals surface area contributed by atoms with Crippen LogP contribution in [0.25, 0.3) is 0 Å². The van der Waals surface area contributed by atoms with E-state index in [0.29, 0.717) is 11.6 Å². The lowest BCUT2D eigenvalue weighted by atomic mass is 9.86. The van der Waals surface area contributed by atoms with Gasteiger partial charge in [0.25, 0.3) is 0 Å². The topological polar surface area (TPSA) is 23.9 Å². The average molecular weight is 187 g/mol. The summed E-state index contributed by atoms with van der Waals surface area (Å²) in [5.41, 5.74) is 5.89. The molecule has 74 valence electrons. The van der Waals surface area contributed by atoms with E-state index in [1.807, 2.05) is 0 Å². The van der Waals surface area contributed by atoms with Crippen molar-refractivity contribution in [3.63, 3.8) is 0 Å². The molecule has 0 saturated heterocycles. The Hall–Kier alpha value is -1.11. The van der Waals surface area contributed by atoms with Crippen LogP contribution in [0.5, 0.6) is 0 Å². The molecule has 0 aliphatic heterocycles. The molecule has 0 aromatic rings. The van der Waals surface area contributed by atoms with Gasteiger partial charge in [-0.05, 0) is 35.5 Å². The van der Waals surface area contributed by atoms with Gasteiger partial charge in [0.2, 0.25) is 0 Å². The molecule has 0 unspecified atom stereocenters. The molecule has 2 rings (SSSR count). The molecule has 0 heterocycles. The third-order valence-corrected chi connectivity index (χ3v) is 3.21. The molecule has 1 nitrogen and oxygen atoms in total. The van der Waals surface area contributed by atoms with Gasteiger partial charge < -0.3 is 5.41 Å². The highest BCUT2D eigenvalue weighted by atomic mass is 14.5. The van der Waals surface area contributed by atoms with E-state index >= 15 is 0 Å². The fourth-order valence-corrected chi connectivity index (χ4v) is 2.42. The van der Waals surface area contributed by atoms with Gasteiger partial charge in [-0.15, -0.1) is 0 Å². The average Bonchev–Trinajstić information content (AvgIpc) is 2.43. The lowest BCUT2D eigenvalue weighted by Crippen LogP contribution is -2.03. The van der Waals surface area contributed by atoms with Crippen LogP contribution in [0.15, 0.2) is 34.9 Å². The van der Waals surface area contributed by atoms with Crippen LogP contribution in [-0.2, 0) is 0 Å². The summed E-state index contributed by atoms with van der Waals surface area (Å²) >= 11 is 0. The maximum atomic E-state index is 7.81. The maximum Gasteiger partial charge on any atom is 0.0430 e. The van der Waals surface area contributed by atoms with Crippen molar-refractivity contribution in [2.75, 3.05) is 0 Å². The van der Waals surface area contributed by atoms with Gasteiger partial charge in [-0.3, -0.25) is 0 Å². The van der Waals surface area contributed by atoms with Crippen LogP contribution >= 0.6 is 0 Å². The van der Waals surface area contributed by atoms with Gasteiger partial charge in [-0.25, -0.2) is 0 Å². The first kappa shape index (κ1) is 9.45. The summed E-state index contributed by atoms with van der Waals surface area (Å²) in [5.74, 6) is 0.618. The molecule has 1 N–H and O–H groups in total. The van der Waals surface area contributed by atoms with Crippen molar-refractivity contribution in [2.24, 2.45) is 5.92 Å². The first-order valence-electron chi connectivity index (χ1n) is 5.30.